The number of rotatable bonds is 9. The Morgan fingerprint density at radius 1 is 1.00 bits per heavy atom. The van der Waals surface area contributed by atoms with Crippen LogP contribution in [0.3, 0.4) is 0 Å². The molecule has 1 heterocycles. The van der Waals surface area contributed by atoms with Gasteiger partial charge in [-0.15, -0.1) is 0 Å². The van der Waals surface area contributed by atoms with Gasteiger partial charge in [-0.05, 0) is 36.4 Å². The van der Waals surface area contributed by atoms with Gasteiger partial charge in [-0.3, -0.25) is 10.1 Å². The van der Waals surface area contributed by atoms with E-state index in [4.69, 9.17) is 11.6 Å². The van der Waals surface area contributed by atoms with Crippen LogP contribution in [0.15, 0.2) is 59.8 Å². The lowest BCUT2D eigenvalue weighted by Crippen LogP contribution is -2.30. The van der Waals surface area contributed by atoms with E-state index in [0.717, 1.165) is 0 Å². The fraction of sp³-hybridized carbons (Fsp3) is 0.200. The summed E-state index contributed by atoms with van der Waals surface area (Å²) < 4.78 is 26.6. The van der Waals surface area contributed by atoms with Crippen molar-refractivity contribution in [3.8, 4) is 0 Å². The average molecular weight is 477 g/mol. The summed E-state index contributed by atoms with van der Waals surface area (Å²) in [5.74, 6) is -0.0970. The minimum atomic E-state index is -3.61. The molecule has 0 aliphatic heterocycles. The van der Waals surface area contributed by atoms with Crippen LogP contribution in [0, 0.1) is 10.1 Å². The zero-order valence-corrected chi connectivity index (χ0v) is 18.9. The van der Waals surface area contributed by atoms with E-state index in [2.05, 4.69) is 20.6 Å². The van der Waals surface area contributed by atoms with E-state index < -0.39 is 14.9 Å². The first kappa shape index (κ1) is 23.4. The maximum atomic E-state index is 12.6. The second-order valence-corrected chi connectivity index (χ2v) is 8.87. The second-order valence-electron chi connectivity index (χ2n) is 6.52. The van der Waals surface area contributed by atoms with Crippen molar-refractivity contribution in [2.24, 2.45) is 0 Å². The first-order chi connectivity index (χ1) is 15.3. The highest BCUT2D eigenvalue weighted by Gasteiger charge is 2.25. The SMILES string of the molecule is CCN(CC)S(=O)(=O)c1ccc(Nc2ncnc(Nc3ccccc3Cl)c2[N+](=O)[O-])cc1. The minimum absolute atomic E-state index is 0.0404. The molecule has 168 valence electrons. The van der Waals surface area contributed by atoms with Crippen LogP contribution in [0.5, 0.6) is 0 Å². The van der Waals surface area contributed by atoms with Gasteiger partial charge in [-0.1, -0.05) is 37.6 Å². The van der Waals surface area contributed by atoms with Crippen molar-refractivity contribution >= 4 is 50.3 Å². The van der Waals surface area contributed by atoms with Gasteiger partial charge in [0.25, 0.3) is 0 Å². The quantitative estimate of drug-likeness (QED) is 0.339. The lowest BCUT2D eigenvalue weighted by atomic mass is 10.3. The second kappa shape index (κ2) is 9.90. The Kier molecular flexibility index (Phi) is 7.23. The molecule has 2 N–H and O–H groups in total. The van der Waals surface area contributed by atoms with Crippen LogP contribution in [0.2, 0.25) is 5.02 Å². The average Bonchev–Trinajstić information content (AvgIpc) is 2.76. The van der Waals surface area contributed by atoms with E-state index in [1.807, 2.05) is 0 Å². The number of anilines is 4. The van der Waals surface area contributed by atoms with Crippen molar-refractivity contribution < 1.29 is 13.3 Å². The zero-order valence-electron chi connectivity index (χ0n) is 17.3. The van der Waals surface area contributed by atoms with E-state index in [1.54, 1.807) is 38.1 Å². The van der Waals surface area contributed by atoms with Gasteiger partial charge in [0.1, 0.15) is 6.33 Å². The van der Waals surface area contributed by atoms with Crippen LogP contribution in [0.1, 0.15) is 13.8 Å². The molecule has 12 heteroatoms. The van der Waals surface area contributed by atoms with Crippen LogP contribution in [-0.4, -0.2) is 40.7 Å². The summed E-state index contributed by atoms with van der Waals surface area (Å²) in [6, 6.07) is 12.7. The molecule has 2 aromatic carbocycles. The first-order valence-corrected chi connectivity index (χ1v) is 11.5. The van der Waals surface area contributed by atoms with E-state index in [1.165, 1.54) is 34.9 Å². The predicted molar refractivity (Wildman–Crippen MR) is 123 cm³/mol. The molecule has 0 bridgehead atoms. The Balaban J connectivity index is 1.91. The maximum Gasteiger partial charge on any atom is 0.353 e. The third-order valence-electron chi connectivity index (χ3n) is 4.59. The van der Waals surface area contributed by atoms with Crippen LogP contribution >= 0.6 is 11.6 Å². The monoisotopic (exact) mass is 476 g/mol. The number of nitrogens with one attached hydrogen (secondary N) is 2. The number of benzene rings is 2. The molecule has 3 aromatic rings. The topological polar surface area (TPSA) is 130 Å². The van der Waals surface area contributed by atoms with Gasteiger partial charge in [0.2, 0.25) is 21.7 Å². The molecule has 0 saturated heterocycles. The van der Waals surface area contributed by atoms with Crippen LogP contribution in [-0.2, 0) is 10.0 Å². The molecule has 10 nitrogen and oxygen atoms in total. The van der Waals surface area contributed by atoms with Crippen molar-refractivity contribution in [1.29, 1.82) is 0 Å². The highest BCUT2D eigenvalue weighted by molar-refractivity contribution is 7.89. The van der Waals surface area contributed by atoms with Crippen LogP contribution in [0.25, 0.3) is 0 Å². The van der Waals surface area contributed by atoms with Gasteiger partial charge in [-0.25, -0.2) is 18.4 Å². The van der Waals surface area contributed by atoms with Crippen LogP contribution < -0.4 is 10.6 Å². The molecule has 0 spiro atoms. The lowest BCUT2D eigenvalue weighted by Gasteiger charge is -2.18. The highest BCUT2D eigenvalue weighted by atomic mass is 35.5. The van der Waals surface area contributed by atoms with Gasteiger partial charge >= 0.3 is 5.69 Å². The Hall–Kier alpha value is -3.28. The number of nitro groups is 1. The number of para-hydroxylation sites is 1. The summed E-state index contributed by atoms with van der Waals surface area (Å²) in [4.78, 5) is 19.2. The van der Waals surface area contributed by atoms with E-state index in [-0.39, 0.29) is 22.2 Å². The van der Waals surface area contributed by atoms with Crippen molar-refractivity contribution in [3.05, 3.63) is 70.0 Å². The fourth-order valence-electron chi connectivity index (χ4n) is 2.98. The summed E-state index contributed by atoms with van der Waals surface area (Å²) in [6.45, 7) is 4.24. The molecule has 0 aliphatic carbocycles. The molecule has 0 aliphatic rings. The van der Waals surface area contributed by atoms with Crippen molar-refractivity contribution in [2.75, 3.05) is 23.7 Å². The zero-order chi connectivity index (χ0) is 23.3. The number of sulfonamides is 1. The Morgan fingerprint density at radius 3 is 2.16 bits per heavy atom. The summed E-state index contributed by atoms with van der Waals surface area (Å²) in [5, 5.41) is 17.8. The lowest BCUT2D eigenvalue weighted by molar-refractivity contribution is -0.383. The number of hydrogen-bond donors (Lipinski definition) is 2. The Morgan fingerprint density at radius 2 is 1.59 bits per heavy atom. The highest BCUT2D eigenvalue weighted by Crippen LogP contribution is 2.34. The van der Waals surface area contributed by atoms with Crippen LogP contribution in [0.4, 0.5) is 28.7 Å². The van der Waals surface area contributed by atoms with Crippen molar-refractivity contribution in [3.63, 3.8) is 0 Å². The molecule has 32 heavy (non-hydrogen) atoms. The van der Waals surface area contributed by atoms with Gasteiger partial charge in [0.15, 0.2) is 0 Å². The standard InChI is InChI=1S/C20H21ClN6O4S/c1-3-26(4-2)32(30,31)15-11-9-14(10-12-15)24-19-18(27(28)29)20(23-13-22-19)25-17-8-6-5-7-16(17)21/h5-13H,3-4H2,1-2H3,(H2,22,23,24,25). The number of halogens is 1. The number of nitrogens with zero attached hydrogens (tertiary/aromatic N) is 4. The number of aromatic nitrogens is 2. The molecule has 0 atom stereocenters. The van der Waals surface area contributed by atoms with E-state index >= 15 is 0 Å². The molecule has 1 aromatic heterocycles. The van der Waals surface area contributed by atoms with E-state index in [0.29, 0.717) is 29.5 Å². The molecule has 0 unspecified atom stereocenters. The van der Waals surface area contributed by atoms with Gasteiger partial charge < -0.3 is 10.6 Å². The summed E-state index contributed by atoms with van der Waals surface area (Å²) in [7, 11) is -3.61. The Bertz CT molecular complexity index is 1220. The summed E-state index contributed by atoms with van der Waals surface area (Å²) >= 11 is 6.13. The minimum Gasteiger partial charge on any atom is -0.334 e. The molecular weight excluding hydrogens is 456 g/mol. The fourth-order valence-corrected chi connectivity index (χ4v) is 4.63. The first-order valence-electron chi connectivity index (χ1n) is 9.66. The molecular formula is C20H21ClN6O4S. The molecule has 0 amide bonds. The van der Waals surface area contributed by atoms with E-state index in [9.17, 15) is 18.5 Å². The Labute approximate surface area is 190 Å². The predicted octanol–water partition coefficient (Wildman–Crippen LogP) is 4.56. The molecule has 0 fully saturated rings. The largest absolute Gasteiger partial charge is 0.353 e. The van der Waals surface area contributed by atoms with Gasteiger partial charge in [0.05, 0.1) is 20.5 Å². The third kappa shape index (κ3) is 4.96. The van der Waals surface area contributed by atoms with Crippen molar-refractivity contribution in [1.82, 2.24) is 14.3 Å². The molecule has 3 rings (SSSR count). The van der Waals surface area contributed by atoms with Gasteiger partial charge in [-0.2, -0.15) is 4.31 Å². The third-order valence-corrected chi connectivity index (χ3v) is 6.99. The molecule has 0 radical (unpaired) electrons. The smallest absolute Gasteiger partial charge is 0.334 e. The van der Waals surface area contributed by atoms with Gasteiger partial charge in [0, 0.05) is 18.8 Å². The summed E-state index contributed by atoms with van der Waals surface area (Å²) in [6.07, 6.45) is 1.17. The van der Waals surface area contributed by atoms with Crippen molar-refractivity contribution in [2.45, 2.75) is 18.7 Å². The normalized spacial score (nSPS) is 11.4. The molecule has 0 saturated carbocycles. The maximum absolute atomic E-state index is 12.6. The summed E-state index contributed by atoms with van der Waals surface area (Å²) in [5.41, 5.74) is 0.495. The number of hydrogen-bond acceptors (Lipinski definition) is 8.